The van der Waals surface area contributed by atoms with Gasteiger partial charge in [-0.25, -0.2) is 0 Å². The van der Waals surface area contributed by atoms with Crippen LogP contribution >= 0.6 is 0 Å². The number of rotatable bonds is 3. The Morgan fingerprint density at radius 2 is 1.88 bits per heavy atom. The molecule has 2 aliphatic rings. The number of hydrogen-bond acceptors (Lipinski definition) is 3. The second-order valence-electron chi connectivity index (χ2n) is 4.98. The van der Waals surface area contributed by atoms with Crippen molar-refractivity contribution in [3.05, 3.63) is 0 Å². The highest BCUT2D eigenvalue weighted by Crippen LogP contribution is 2.19. The highest BCUT2D eigenvalue weighted by molar-refractivity contribution is 7.86. The van der Waals surface area contributed by atoms with E-state index in [9.17, 15) is 8.42 Å². The molecule has 0 bridgehead atoms. The average molecular weight is 261 g/mol. The summed E-state index contributed by atoms with van der Waals surface area (Å²) < 4.78 is 28.0. The van der Waals surface area contributed by atoms with Crippen LogP contribution in [-0.2, 0) is 10.2 Å². The highest BCUT2D eigenvalue weighted by Gasteiger charge is 2.33. The SMILES string of the molecule is CN(C1CCCNC1)S(=O)(=O)N1CCCCC1. The normalized spacial score (nSPS) is 28.5. The Labute approximate surface area is 104 Å². The van der Waals surface area contributed by atoms with Gasteiger partial charge in [-0.1, -0.05) is 6.42 Å². The molecule has 2 rings (SSSR count). The minimum atomic E-state index is -3.24. The van der Waals surface area contributed by atoms with E-state index in [2.05, 4.69) is 5.32 Å². The lowest BCUT2D eigenvalue weighted by Gasteiger charge is -2.36. The first-order valence-corrected chi connectivity index (χ1v) is 7.96. The van der Waals surface area contributed by atoms with Crippen molar-refractivity contribution < 1.29 is 8.42 Å². The zero-order valence-electron chi connectivity index (χ0n) is 10.6. The first-order chi connectivity index (χ1) is 8.12. The number of likely N-dealkylation sites (N-methyl/N-ethyl adjacent to an activating group) is 1. The van der Waals surface area contributed by atoms with Crippen LogP contribution in [0.5, 0.6) is 0 Å². The van der Waals surface area contributed by atoms with E-state index in [1.165, 1.54) is 0 Å². The van der Waals surface area contributed by atoms with Gasteiger partial charge in [0.2, 0.25) is 0 Å². The molecular weight excluding hydrogens is 238 g/mol. The molecule has 6 heteroatoms. The third-order valence-corrected chi connectivity index (χ3v) is 5.83. The Morgan fingerprint density at radius 1 is 1.18 bits per heavy atom. The summed E-state index contributed by atoms with van der Waals surface area (Å²) >= 11 is 0. The van der Waals surface area contributed by atoms with Gasteiger partial charge in [0.15, 0.2) is 0 Å². The number of nitrogens with one attached hydrogen (secondary N) is 1. The molecule has 0 saturated carbocycles. The van der Waals surface area contributed by atoms with E-state index < -0.39 is 10.2 Å². The summed E-state index contributed by atoms with van der Waals surface area (Å²) in [5, 5.41) is 3.27. The van der Waals surface area contributed by atoms with Crippen LogP contribution in [0.3, 0.4) is 0 Å². The van der Waals surface area contributed by atoms with Gasteiger partial charge in [-0.2, -0.15) is 17.0 Å². The predicted molar refractivity (Wildman–Crippen MR) is 68.0 cm³/mol. The molecule has 100 valence electrons. The van der Waals surface area contributed by atoms with Crippen molar-refractivity contribution in [2.45, 2.75) is 38.1 Å². The van der Waals surface area contributed by atoms with Crippen LogP contribution < -0.4 is 5.32 Å². The van der Waals surface area contributed by atoms with Gasteiger partial charge in [0.1, 0.15) is 0 Å². The lowest BCUT2D eigenvalue weighted by atomic mass is 10.1. The van der Waals surface area contributed by atoms with Gasteiger partial charge in [-0.05, 0) is 32.2 Å². The summed E-state index contributed by atoms with van der Waals surface area (Å²) in [5.41, 5.74) is 0. The lowest BCUT2D eigenvalue weighted by molar-refractivity contribution is 0.261. The Kier molecular flexibility index (Phi) is 4.41. The largest absolute Gasteiger partial charge is 0.315 e. The van der Waals surface area contributed by atoms with Crippen molar-refractivity contribution in [2.75, 3.05) is 33.2 Å². The van der Waals surface area contributed by atoms with E-state index in [0.29, 0.717) is 13.1 Å². The maximum absolute atomic E-state index is 12.4. The van der Waals surface area contributed by atoms with E-state index in [1.807, 2.05) is 0 Å². The zero-order chi connectivity index (χ0) is 12.3. The summed E-state index contributed by atoms with van der Waals surface area (Å²) in [6, 6.07) is 0.121. The Bertz CT molecular complexity index is 333. The maximum Gasteiger partial charge on any atom is 0.282 e. The molecule has 2 aliphatic heterocycles. The van der Waals surface area contributed by atoms with Gasteiger partial charge in [-0.15, -0.1) is 0 Å². The quantitative estimate of drug-likeness (QED) is 0.800. The molecule has 0 amide bonds. The van der Waals surface area contributed by atoms with Crippen molar-refractivity contribution in [2.24, 2.45) is 0 Å². The number of nitrogens with zero attached hydrogens (tertiary/aromatic N) is 2. The van der Waals surface area contributed by atoms with Gasteiger partial charge >= 0.3 is 0 Å². The maximum atomic E-state index is 12.4. The highest BCUT2D eigenvalue weighted by atomic mass is 32.2. The molecule has 0 spiro atoms. The third-order valence-electron chi connectivity index (χ3n) is 3.79. The second-order valence-corrected chi connectivity index (χ2v) is 6.97. The first kappa shape index (κ1) is 13.3. The summed E-state index contributed by atoms with van der Waals surface area (Å²) in [5.74, 6) is 0. The van der Waals surface area contributed by atoms with Crippen molar-refractivity contribution in [3.8, 4) is 0 Å². The van der Waals surface area contributed by atoms with E-state index in [4.69, 9.17) is 0 Å². The molecule has 1 N–H and O–H groups in total. The molecular formula is C11H23N3O2S. The van der Waals surface area contributed by atoms with Crippen LogP contribution in [0.2, 0.25) is 0 Å². The van der Waals surface area contributed by atoms with Crippen molar-refractivity contribution in [3.63, 3.8) is 0 Å². The fourth-order valence-electron chi connectivity index (χ4n) is 2.61. The average Bonchev–Trinajstić information content (AvgIpc) is 2.40. The Morgan fingerprint density at radius 3 is 2.47 bits per heavy atom. The molecule has 2 fully saturated rings. The molecule has 1 unspecified atom stereocenters. The Balaban J connectivity index is 2.02. The van der Waals surface area contributed by atoms with Crippen LogP contribution in [0.4, 0.5) is 0 Å². The van der Waals surface area contributed by atoms with Crippen LogP contribution in [0, 0.1) is 0 Å². The fraction of sp³-hybridized carbons (Fsp3) is 1.00. The van der Waals surface area contributed by atoms with Crippen LogP contribution in [-0.4, -0.2) is 56.3 Å². The van der Waals surface area contributed by atoms with Gasteiger partial charge in [0.25, 0.3) is 10.2 Å². The smallest absolute Gasteiger partial charge is 0.282 e. The summed E-state index contributed by atoms with van der Waals surface area (Å²) in [7, 11) is -1.51. The molecule has 0 aromatic carbocycles. The molecule has 2 heterocycles. The van der Waals surface area contributed by atoms with E-state index in [1.54, 1.807) is 15.7 Å². The molecule has 0 aromatic rings. The molecule has 0 aromatic heterocycles. The minimum absolute atomic E-state index is 0.121. The minimum Gasteiger partial charge on any atom is -0.315 e. The standard InChI is InChI=1S/C11H23N3O2S/c1-13(11-6-5-7-12-10-11)17(15,16)14-8-3-2-4-9-14/h11-12H,2-10H2,1H3. The van der Waals surface area contributed by atoms with Gasteiger partial charge in [0, 0.05) is 32.7 Å². The Hall–Kier alpha value is -0.170. The van der Waals surface area contributed by atoms with Crippen LogP contribution in [0.25, 0.3) is 0 Å². The molecule has 0 aliphatic carbocycles. The molecule has 17 heavy (non-hydrogen) atoms. The second kappa shape index (κ2) is 5.65. The number of hydrogen-bond donors (Lipinski definition) is 1. The zero-order valence-corrected chi connectivity index (χ0v) is 11.4. The van der Waals surface area contributed by atoms with Crippen molar-refractivity contribution in [1.82, 2.24) is 13.9 Å². The lowest BCUT2D eigenvalue weighted by Crippen LogP contribution is -2.52. The van der Waals surface area contributed by atoms with E-state index in [-0.39, 0.29) is 6.04 Å². The number of piperidine rings is 2. The van der Waals surface area contributed by atoms with Crippen molar-refractivity contribution >= 4 is 10.2 Å². The molecule has 0 radical (unpaired) electrons. The third kappa shape index (κ3) is 2.99. The summed E-state index contributed by atoms with van der Waals surface area (Å²) in [6.45, 7) is 3.16. The van der Waals surface area contributed by atoms with Gasteiger partial charge < -0.3 is 5.32 Å². The van der Waals surface area contributed by atoms with E-state index >= 15 is 0 Å². The van der Waals surface area contributed by atoms with Gasteiger partial charge in [-0.3, -0.25) is 0 Å². The van der Waals surface area contributed by atoms with Gasteiger partial charge in [0.05, 0.1) is 0 Å². The molecule has 1 atom stereocenters. The predicted octanol–water partition coefficient (Wildman–Crippen LogP) is 0.401. The summed E-state index contributed by atoms with van der Waals surface area (Å²) in [6.07, 6.45) is 5.17. The summed E-state index contributed by atoms with van der Waals surface area (Å²) in [4.78, 5) is 0. The van der Waals surface area contributed by atoms with Crippen molar-refractivity contribution in [1.29, 1.82) is 0 Å². The fourth-order valence-corrected chi connectivity index (χ4v) is 4.25. The molecule has 5 nitrogen and oxygen atoms in total. The van der Waals surface area contributed by atoms with Crippen LogP contribution in [0.1, 0.15) is 32.1 Å². The molecule has 2 saturated heterocycles. The monoisotopic (exact) mass is 261 g/mol. The van der Waals surface area contributed by atoms with E-state index in [0.717, 1.165) is 45.2 Å². The topological polar surface area (TPSA) is 52.7 Å². The first-order valence-electron chi connectivity index (χ1n) is 6.56. The van der Waals surface area contributed by atoms with Crippen LogP contribution in [0.15, 0.2) is 0 Å².